The van der Waals surface area contributed by atoms with Crippen molar-refractivity contribution < 1.29 is 0 Å². The average Bonchev–Trinajstić information content (AvgIpc) is 3.70. The number of benzene rings is 2. The number of allylic oxidation sites excluding steroid dienone is 7. The predicted molar refractivity (Wildman–Crippen MR) is 244 cm³/mol. The van der Waals surface area contributed by atoms with E-state index in [0.717, 1.165) is 54.3 Å². The van der Waals surface area contributed by atoms with Crippen molar-refractivity contribution in [2.75, 3.05) is 0 Å². The molecule has 2 atom stereocenters. The molecule has 0 amide bonds. The average molecular weight is 783 g/mol. The van der Waals surface area contributed by atoms with Crippen molar-refractivity contribution >= 4 is 53.1 Å². The second kappa shape index (κ2) is 21.0. The van der Waals surface area contributed by atoms with E-state index in [2.05, 4.69) is 116 Å². The summed E-state index contributed by atoms with van der Waals surface area (Å²) in [5.41, 5.74) is 7.06. The Morgan fingerprint density at radius 2 is 1.60 bits per heavy atom. The molecule has 4 heteroatoms. The van der Waals surface area contributed by atoms with E-state index in [1.54, 1.807) is 10.5 Å². The molecule has 0 saturated carbocycles. The van der Waals surface area contributed by atoms with Gasteiger partial charge in [-0.1, -0.05) is 164 Å². The van der Waals surface area contributed by atoms with E-state index in [9.17, 15) is 0 Å². The minimum Gasteiger partial charge on any atom is -0.0990 e. The normalized spacial score (nSPS) is 17.6. The molecule has 286 valence electrons. The van der Waals surface area contributed by atoms with E-state index >= 15 is 0 Å². The van der Waals surface area contributed by atoms with Crippen LogP contribution in [0.2, 0.25) is 0 Å². The maximum absolute atomic E-state index is 4.54. The topological polar surface area (TPSA) is 0 Å². The Bertz CT molecular complexity index is 1700. The Labute approximate surface area is 341 Å². The van der Waals surface area contributed by atoms with Crippen LogP contribution >= 0.6 is 47.0 Å². The van der Waals surface area contributed by atoms with Gasteiger partial charge in [0.15, 0.2) is 0 Å². The summed E-state index contributed by atoms with van der Waals surface area (Å²) in [5, 5.41) is 0. The highest BCUT2D eigenvalue weighted by Gasteiger charge is 2.26. The molecule has 0 spiro atoms. The highest BCUT2D eigenvalue weighted by atomic mass is 32.2. The number of hydrogen-bond donors (Lipinski definition) is 0. The van der Waals surface area contributed by atoms with Gasteiger partial charge in [0.2, 0.25) is 0 Å². The van der Waals surface area contributed by atoms with Gasteiger partial charge in [-0.15, -0.1) is 0 Å². The van der Waals surface area contributed by atoms with Crippen LogP contribution in [0.3, 0.4) is 0 Å². The van der Waals surface area contributed by atoms with Crippen LogP contribution in [-0.2, 0) is 12.8 Å². The third-order valence-corrected chi connectivity index (χ3v) is 15.4. The first kappa shape index (κ1) is 42.4. The smallest absolute Gasteiger partial charge is 0.0337 e. The third kappa shape index (κ3) is 13.2. The van der Waals surface area contributed by atoms with Crippen LogP contribution in [0.1, 0.15) is 142 Å². The van der Waals surface area contributed by atoms with Crippen LogP contribution in [-0.4, -0.2) is 0 Å². The summed E-state index contributed by atoms with van der Waals surface area (Å²) in [4.78, 5) is 11.1. The van der Waals surface area contributed by atoms with Crippen LogP contribution in [0, 0.1) is 23.7 Å². The summed E-state index contributed by atoms with van der Waals surface area (Å²) in [7, 11) is 0. The molecule has 0 N–H and O–H groups in total. The summed E-state index contributed by atoms with van der Waals surface area (Å²) < 4.78 is 0. The van der Waals surface area contributed by atoms with Gasteiger partial charge in [-0.2, -0.15) is 0 Å². The monoisotopic (exact) mass is 782 g/mol. The Balaban J connectivity index is 1.27. The molecule has 0 radical (unpaired) electrons. The first-order chi connectivity index (χ1) is 25.5. The summed E-state index contributed by atoms with van der Waals surface area (Å²) in [6.07, 6.45) is 24.4. The highest BCUT2D eigenvalue weighted by molar-refractivity contribution is 8.07. The van der Waals surface area contributed by atoms with E-state index in [0.29, 0.717) is 0 Å². The quantitative estimate of drug-likeness (QED) is 0.148. The summed E-state index contributed by atoms with van der Waals surface area (Å²) >= 11 is 7.83. The molecule has 2 aromatic carbocycles. The summed E-state index contributed by atoms with van der Waals surface area (Å²) in [5.74, 6) is 3.19. The second-order valence-corrected chi connectivity index (χ2v) is 21.4. The van der Waals surface area contributed by atoms with Gasteiger partial charge in [0.05, 0.1) is 0 Å². The molecule has 1 aliphatic heterocycles. The van der Waals surface area contributed by atoms with E-state index < -0.39 is 0 Å². The lowest BCUT2D eigenvalue weighted by Gasteiger charge is -2.19. The minimum atomic E-state index is 0.779. The van der Waals surface area contributed by atoms with Crippen molar-refractivity contribution in [3.05, 3.63) is 114 Å². The SMILES string of the molecule is C=C1CCC2=C(C=C(Sc3ccc(CCC(C)CC(C)C)cc3)C2)Sc2ccc3c(c2SC1=C)C=C(S/C(=C/CCC(C)CCCC(C)C)CCC)C3. The molecular formula is C49H66S4. The van der Waals surface area contributed by atoms with Gasteiger partial charge in [-0.25, -0.2) is 0 Å². The molecule has 0 fully saturated rings. The Kier molecular flexibility index (Phi) is 16.8. The predicted octanol–water partition coefficient (Wildman–Crippen LogP) is 17.2. The van der Waals surface area contributed by atoms with E-state index in [1.807, 2.05) is 47.0 Å². The first-order valence-electron chi connectivity index (χ1n) is 20.6. The standard InChI is InChI=1S/C49H66S4/c1-10-13-42(17-12-16-35(6)15-11-14-33(2)3)51-44-29-40-24-27-47-49(46(40)31-44)50-38(9)37(8)19-23-41-30-45(32-48(41)53-47)52-43-25-21-39(22-26-43)20-18-36(7)28-34(4)5/h17,21-22,24-27,31-36H,8-16,18-20,23,28-30H2,1-7H3/b42-17+. The molecule has 0 nitrogen and oxygen atoms in total. The van der Waals surface area contributed by atoms with Crippen LogP contribution in [0.5, 0.6) is 0 Å². The third-order valence-electron chi connectivity index (χ3n) is 10.8. The van der Waals surface area contributed by atoms with Crippen LogP contribution in [0.4, 0.5) is 0 Å². The zero-order chi connectivity index (χ0) is 37.9. The molecule has 53 heavy (non-hydrogen) atoms. The number of hydrogen-bond acceptors (Lipinski definition) is 4. The van der Waals surface area contributed by atoms with Crippen molar-refractivity contribution in [1.82, 2.24) is 0 Å². The Hall–Kier alpha value is -1.72. The fraction of sp³-hybridized carbons (Fsp3) is 0.510. The van der Waals surface area contributed by atoms with E-state index in [1.165, 1.54) is 116 Å². The molecular weight excluding hydrogens is 717 g/mol. The summed E-state index contributed by atoms with van der Waals surface area (Å²) in [6, 6.07) is 14.2. The highest BCUT2D eigenvalue weighted by Crippen LogP contribution is 2.52. The maximum Gasteiger partial charge on any atom is 0.0337 e. The van der Waals surface area contributed by atoms with Gasteiger partial charge in [-0.05, 0) is 142 Å². The molecule has 0 saturated heterocycles. The van der Waals surface area contributed by atoms with Crippen LogP contribution in [0.25, 0.3) is 6.08 Å². The van der Waals surface area contributed by atoms with Gasteiger partial charge in [0, 0.05) is 37.3 Å². The van der Waals surface area contributed by atoms with E-state index in [4.69, 9.17) is 0 Å². The number of rotatable bonds is 18. The first-order valence-corrected chi connectivity index (χ1v) is 23.9. The Morgan fingerprint density at radius 3 is 2.34 bits per heavy atom. The zero-order valence-corrected chi connectivity index (χ0v) is 37.2. The molecule has 2 unspecified atom stereocenters. The van der Waals surface area contributed by atoms with Gasteiger partial charge < -0.3 is 0 Å². The summed E-state index contributed by atoms with van der Waals surface area (Å²) in [6.45, 7) is 25.6. The lowest BCUT2D eigenvalue weighted by atomic mass is 9.93. The van der Waals surface area contributed by atoms with Crippen molar-refractivity contribution in [2.24, 2.45) is 23.7 Å². The molecule has 0 aromatic heterocycles. The lowest BCUT2D eigenvalue weighted by Crippen LogP contribution is -2.01. The molecule has 2 aromatic rings. The van der Waals surface area contributed by atoms with Gasteiger partial charge in [0.1, 0.15) is 0 Å². The van der Waals surface area contributed by atoms with Crippen molar-refractivity contribution in [1.29, 1.82) is 0 Å². The van der Waals surface area contributed by atoms with Gasteiger partial charge >= 0.3 is 0 Å². The van der Waals surface area contributed by atoms with Gasteiger partial charge in [0.25, 0.3) is 0 Å². The van der Waals surface area contributed by atoms with Crippen molar-refractivity contribution in [3.8, 4) is 0 Å². The molecule has 0 bridgehead atoms. The van der Waals surface area contributed by atoms with Gasteiger partial charge in [-0.3, -0.25) is 0 Å². The molecule has 3 aliphatic rings. The second-order valence-electron chi connectivity index (χ2n) is 16.8. The number of aryl methyl sites for hydroxylation is 1. The van der Waals surface area contributed by atoms with Crippen molar-refractivity contribution in [3.63, 3.8) is 0 Å². The van der Waals surface area contributed by atoms with Crippen LogP contribution < -0.4 is 0 Å². The maximum atomic E-state index is 4.54. The van der Waals surface area contributed by atoms with E-state index in [-0.39, 0.29) is 0 Å². The molecule has 2 aliphatic carbocycles. The number of thioether (sulfide) groups is 4. The fourth-order valence-corrected chi connectivity index (χ4v) is 12.3. The fourth-order valence-electron chi connectivity index (χ4n) is 7.68. The largest absolute Gasteiger partial charge is 0.0990 e. The zero-order valence-electron chi connectivity index (χ0n) is 34.0. The molecule has 1 heterocycles. The molecule has 5 rings (SSSR count). The van der Waals surface area contributed by atoms with Crippen LogP contribution in [0.15, 0.2) is 112 Å². The minimum absolute atomic E-state index is 0.779. The van der Waals surface area contributed by atoms with Crippen molar-refractivity contribution in [2.45, 2.75) is 153 Å². The number of fused-ring (bicyclic) bond motifs is 3. The lowest BCUT2D eigenvalue weighted by molar-refractivity contribution is 0.415. The Morgan fingerprint density at radius 1 is 0.811 bits per heavy atom.